The molecule has 0 unspecified atom stereocenters. The van der Waals surface area contributed by atoms with Crippen molar-refractivity contribution in [3.05, 3.63) is 29.3 Å². The first-order valence-corrected chi connectivity index (χ1v) is 11.3. The number of benzene rings is 1. The van der Waals surface area contributed by atoms with Crippen molar-refractivity contribution < 1.29 is 13.2 Å². The Morgan fingerprint density at radius 1 is 1.08 bits per heavy atom. The Hall–Kier alpha value is -1.11. The minimum Gasteiger partial charge on any atom is -0.354 e. The van der Waals surface area contributed by atoms with Crippen LogP contribution in [0, 0.1) is 23.2 Å². The Bertz CT molecular complexity index is 773. The van der Waals surface area contributed by atoms with Gasteiger partial charge in [-0.25, -0.2) is 13.1 Å². The Morgan fingerprint density at radius 2 is 1.69 bits per heavy atom. The summed E-state index contributed by atoms with van der Waals surface area (Å²) in [5, 5.41) is 3.36. The van der Waals surface area contributed by atoms with Crippen LogP contribution in [0.3, 0.4) is 0 Å². The van der Waals surface area contributed by atoms with Gasteiger partial charge >= 0.3 is 0 Å². The van der Waals surface area contributed by atoms with Crippen molar-refractivity contribution in [3.63, 3.8) is 0 Å². The van der Waals surface area contributed by atoms with Gasteiger partial charge in [0.1, 0.15) is 0 Å². The maximum absolute atomic E-state index is 12.8. The first-order valence-electron chi connectivity index (χ1n) is 9.40. The molecule has 1 amide bonds. The maximum atomic E-state index is 12.8. The molecule has 4 fully saturated rings. The van der Waals surface area contributed by atoms with Crippen molar-refractivity contribution in [3.8, 4) is 0 Å². The van der Waals surface area contributed by atoms with Gasteiger partial charge in [-0.2, -0.15) is 0 Å². The van der Waals surface area contributed by atoms with E-state index < -0.39 is 10.0 Å². The van der Waals surface area contributed by atoms with Crippen molar-refractivity contribution in [1.82, 2.24) is 10.0 Å². The Morgan fingerprint density at radius 3 is 2.27 bits per heavy atom. The molecule has 26 heavy (non-hydrogen) atoms. The fourth-order valence-electron chi connectivity index (χ4n) is 5.66. The zero-order valence-corrected chi connectivity index (χ0v) is 16.3. The smallest absolute Gasteiger partial charge is 0.240 e. The summed E-state index contributed by atoms with van der Waals surface area (Å²) in [5.74, 6) is 2.27. The molecule has 4 aliphatic rings. The van der Waals surface area contributed by atoms with Crippen LogP contribution in [0.15, 0.2) is 29.2 Å². The summed E-state index contributed by atoms with van der Waals surface area (Å²) in [6.07, 6.45) is 6.93. The number of carbonyl (C=O) groups excluding carboxylic acids is 1. The molecule has 5 nitrogen and oxygen atoms in total. The lowest BCUT2D eigenvalue weighted by Gasteiger charge is -2.55. The Kier molecular flexibility index (Phi) is 4.78. The molecule has 0 saturated heterocycles. The second kappa shape index (κ2) is 6.80. The molecule has 1 aromatic rings. The van der Waals surface area contributed by atoms with E-state index in [4.69, 9.17) is 11.6 Å². The van der Waals surface area contributed by atoms with Crippen LogP contribution in [0.1, 0.15) is 38.5 Å². The fraction of sp³-hybridized carbons (Fsp3) is 0.632. The predicted molar refractivity (Wildman–Crippen MR) is 100 cm³/mol. The van der Waals surface area contributed by atoms with Crippen LogP contribution in [0.25, 0.3) is 0 Å². The highest BCUT2D eigenvalue weighted by molar-refractivity contribution is 7.89. The maximum Gasteiger partial charge on any atom is 0.240 e. The number of halogens is 1. The van der Waals surface area contributed by atoms with E-state index in [1.54, 1.807) is 12.1 Å². The lowest BCUT2D eigenvalue weighted by Crippen LogP contribution is -2.54. The zero-order chi connectivity index (χ0) is 18.4. The third-order valence-corrected chi connectivity index (χ3v) is 8.02. The number of hydrogen-bond donors (Lipinski definition) is 2. The molecule has 0 aliphatic heterocycles. The highest BCUT2D eigenvalue weighted by Gasteiger charge is 2.54. The normalized spacial score (nSPS) is 32.6. The van der Waals surface area contributed by atoms with Crippen molar-refractivity contribution in [2.24, 2.45) is 23.2 Å². The number of carbonyl (C=O) groups is 1. The van der Waals surface area contributed by atoms with Crippen molar-refractivity contribution in [1.29, 1.82) is 0 Å². The number of hydrogen-bond acceptors (Lipinski definition) is 3. The molecule has 4 aliphatic carbocycles. The molecule has 0 spiro atoms. The predicted octanol–water partition coefficient (Wildman–Crippen LogP) is 2.95. The second-order valence-corrected chi connectivity index (χ2v) is 10.5. The molecule has 0 atom stereocenters. The van der Waals surface area contributed by atoms with Crippen LogP contribution >= 0.6 is 11.6 Å². The van der Waals surface area contributed by atoms with Gasteiger partial charge in [-0.3, -0.25) is 4.79 Å². The standard InChI is InChI=1S/C19H25ClN2O3S/c20-16-2-1-3-17(9-16)26(24,25)22-5-4-21-18(23)19-10-13-6-14(11-19)8-15(7-13)12-19/h1-3,9,13-15,22H,4-8,10-12H2,(H,21,23). The van der Waals surface area contributed by atoms with E-state index in [0.717, 1.165) is 19.3 Å². The van der Waals surface area contributed by atoms with Crippen LogP contribution in [0.5, 0.6) is 0 Å². The van der Waals surface area contributed by atoms with E-state index in [9.17, 15) is 13.2 Å². The van der Waals surface area contributed by atoms with E-state index in [2.05, 4.69) is 10.0 Å². The van der Waals surface area contributed by atoms with Gasteiger partial charge in [0.15, 0.2) is 0 Å². The average Bonchev–Trinajstić information content (AvgIpc) is 2.57. The number of rotatable bonds is 6. The van der Waals surface area contributed by atoms with Crippen LogP contribution in [-0.4, -0.2) is 27.4 Å². The zero-order valence-electron chi connectivity index (χ0n) is 14.7. The van der Waals surface area contributed by atoms with Gasteiger partial charge in [0, 0.05) is 23.5 Å². The van der Waals surface area contributed by atoms with Gasteiger partial charge in [-0.15, -0.1) is 0 Å². The highest BCUT2D eigenvalue weighted by Crippen LogP contribution is 2.60. The topological polar surface area (TPSA) is 75.3 Å². The lowest BCUT2D eigenvalue weighted by atomic mass is 9.49. The lowest BCUT2D eigenvalue weighted by molar-refractivity contribution is -0.146. The van der Waals surface area contributed by atoms with Crippen molar-refractivity contribution in [2.45, 2.75) is 43.4 Å². The molecule has 2 N–H and O–H groups in total. The van der Waals surface area contributed by atoms with Gasteiger partial charge in [0.25, 0.3) is 0 Å². The SMILES string of the molecule is O=C(NCCNS(=O)(=O)c1cccc(Cl)c1)C12CC3CC(CC(C3)C1)C2. The molecule has 142 valence electrons. The van der Waals surface area contributed by atoms with E-state index in [1.165, 1.54) is 31.4 Å². The second-order valence-electron chi connectivity index (χ2n) is 8.31. The van der Waals surface area contributed by atoms with Crippen LogP contribution in [-0.2, 0) is 14.8 Å². The summed E-state index contributed by atoms with van der Waals surface area (Å²) >= 11 is 5.85. The molecule has 4 bridgehead atoms. The van der Waals surface area contributed by atoms with Gasteiger partial charge in [-0.05, 0) is 74.5 Å². The first-order chi connectivity index (χ1) is 12.4. The first kappa shape index (κ1) is 18.3. The van der Waals surface area contributed by atoms with E-state index in [-0.39, 0.29) is 22.8 Å². The monoisotopic (exact) mass is 396 g/mol. The van der Waals surface area contributed by atoms with Gasteiger partial charge in [0.05, 0.1) is 4.90 Å². The molecule has 0 radical (unpaired) electrons. The third kappa shape index (κ3) is 3.51. The number of nitrogens with one attached hydrogen (secondary N) is 2. The minimum absolute atomic E-state index is 0.124. The van der Waals surface area contributed by atoms with Crippen molar-refractivity contribution >= 4 is 27.5 Å². The molecule has 0 aromatic heterocycles. The quantitative estimate of drug-likeness (QED) is 0.726. The van der Waals surface area contributed by atoms with Gasteiger partial charge < -0.3 is 5.32 Å². The summed E-state index contributed by atoms with van der Waals surface area (Å²) in [6.45, 7) is 0.479. The van der Waals surface area contributed by atoms with E-state index in [1.807, 2.05) is 0 Å². The largest absolute Gasteiger partial charge is 0.354 e. The van der Waals surface area contributed by atoms with Crippen LogP contribution in [0.2, 0.25) is 5.02 Å². The summed E-state index contributed by atoms with van der Waals surface area (Å²) in [5.41, 5.74) is -0.194. The summed E-state index contributed by atoms with van der Waals surface area (Å²) in [4.78, 5) is 13.0. The molecule has 7 heteroatoms. The number of sulfonamides is 1. The Balaban J connectivity index is 1.30. The fourth-order valence-corrected chi connectivity index (χ4v) is 6.99. The summed E-state index contributed by atoms with van der Waals surface area (Å²) < 4.78 is 27.1. The van der Waals surface area contributed by atoms with Crippen LogP contribution in [0.4, 0.5) is 0 Å². The minimum atomic E-state index is -3.61. The Labute approximate surface area is 159 Å². The molecule has 0 heterocycles. The summed E-state index contributed by atoms with van der Waals surface area (Å²) in [6, 6.07) is 6.15. The van der Waals surface area contributed by atoms with E-state index >= 15 is 0 Å². The van der Waals surface area contributed by atoms with E-state index in [0.29, 0.717) is 29.3 Å². The van der Waals surface area contributed by atoms with Crippen molar-refractivity contribution in [2.75, 3.05) is 13.1 Å². The summed E-state index contributed by atoms with van der Waals surface area (Å²) in [7, 11) is -3.61. The molecule has 1 aromatic carbocycles. The highest BCUT2D eigenvalue weighted by atomic mass is 35.5. The number of amides is 1. The molecule has 5 rings (SSSR count). The third-order valence-electron chi connectivity index (χ3n) is 6.33. The van der Waals surface area contributed by atoms with Gasteiger partial charge in [0.2, 0.25) is 15.9 Å². The van der Waals surface area contributed by atoms with Gasteiger partial charge in [-0.1, -0.05) is 17.7 Å². The molecular formula is C19H25ClN2O3S. The van der Waals surface area contributed by atoms with Crippen LogP contribution < -0.4 is 10.0 Å². The molecular weight excluding hydrogens is 372 g/mol. The average molecular weight is 397 g/mol. The molecule has 4 saturated carbocycles.